The lowest BCUT2D eigenvalue weighted by Crippen LogP contribution is -2.54. The average Bonchev–Trinajstić information content (AvgIpc) is 4.12. The van der Waals surface area contributed by atoms with E-state index >= 15 is 4.39 Å². The molecule has 2 aromatic heterocycles. The van der Waals surface area contributed by atoms with Gasteiger partial charge in [0.15, 0.2) is 5.82 Å². The number of likely N-dealkylation sites (tertiary alicyclic amines) is 1. The van der Waals surface area contributed by atoms with Crippen LogP contribution in [-0.2, 0) is 9.59 Å². The minimum atomic E-state index is -0.981. The van der Waals surface area contributed by atoms with Gasteiger partial charge >= 0.3 is 6.01 Å². The second kappa shape index (κ2) is 16.4. The number of piperidine rings is 2. The van der Waals surface area contributed by atoms with Crippen LogP contribution in [0.1, 0.15) is 64.8 Å². The van der Waals surface area contributed by atoms with Crippen molar-refractivity contribution in [1.82, 2.24) is 40.3 Å². The van der Waals surface area contributed by atoms with Crippen LogP contribution in [0.3, 0.4) is 0 Å². The summed E-state index contributed by atoms with van der Waals surface area (Å²) < 4.78 is 23.7. The van der Waals surface area contributed by atoms with E-state index < -0.39 is 35.5 Å². The Labute approximate surface area is 403 Å². The summed E-state index contributed by atoms with van der Waals surface area (Å²) in [5, 5.41) is 18.5. The van der Waals surface area contributed by atoms with Gasteiger partial charge in [-0.1, -0.05) is 18.1 Å². The van der Waals surface area contributed by atoms with Crippen molar-refractivity contribution in [3.63, 3.8) is 0 Å². The van der Waals surface area contributed by atoms with Crippen molar-refractivity contribution in [1.29, 1.82) is 0 Å². The van der Waals surface area contributed by atoms with Gasteiger partial charge in [-0.25, -0.2) is 4.39 Å². The van der Waals surface area contributed by atoms with E-state index in [1.54, 1.807) is 30.5 Å². The molecular formula is C53H53FN10O6. The number of benzene rings is 3. The van der Waals surface area contributed by atoms with Crippen LogP contribution < -0.4 is 25.2 Å². The Hall–Kier alpha value is -6.74. The fourth-order valence-corrected chi connectivity index (χ4v) is 12.7. The number of nitrogens with zero attached hydrogens (tertiary/aromatic N) is 8. The number of piperazine rings is 2. The van der Waals surface area contributed by atoms with Crippen LogP contribution in [0.4, 0.5) is 15.9 Å². The first-order valence-corrected chi connectivity index (χ1v) is 24.8. The molecule has 13 rings (SSSR count). The number of rotatable bonds is 11. The second-order valence-electron chi connectivity index (χ2n) is 21.0. The summed E-state index contributed by atoms with van der Waals surface area (Å²) in [5.41, 5.74) is 2.62. The van der Waals surface area contributed by atoms with Crippen molar-refractivity contribution in [2.75, 3.05) is 81.9 Å². The zero-order valence-electron chi connectivity index (χ0n) is 38.7. The first-order chi connectivity index (χ1) is 34.0. The van der Waals surface area contributed by atoms with Gasteiger partial charge in [0, 0.05) is 118 Å². The Morgan fingerprint density at radius 3 is 2.37 bits per heavy atom. The molecule has 5 saturated heterocycles. The van der Waals surface area contributed by atoms with E-state index in [1.807, 2.05) is 18.2 Å². The van der Waals surface area contributed by atoms with Crippen LogP contribution >= 0.6 is 0 Å². The number of anilines is 2. The molecule has 8 aliphatic rings. The van der Waals surface area contributed by atoms with Gasteiger partial charge in [-0.2, -0.15) is 9.97 Å². The molecule has 7 fully saturated rings. The summed E-state index contributed by atoms with van der Waals surface area (Å²) in [6.45, 7) is 9.50. The highest BCUT2D eigenvalue weighted by atomic mass is 19.1. The number of aromatic hydroxyl groups is 1. The lowest BCUT2D eigenvalue weighted by Gasteiger charge is -2.36. The summed E-state index contributed by atoms with van der Waals surface area (Å²) in [4.78, 5) is 75.9. The molecular weight excluding hydrogens is 892 g/mol. The summed E-state index contributed by atoms with van der Waals surface area (Å²) in [6.07, 6.45) is 12.0. The SMILES string of the molecule is C#Cc1cccc2cc(O)cc(-c3ncc4c(N5CC6CCC(C5)N6)nc(OCC5(CN6C[C@@H]7[C@@H](CN8CCN(c9ccc%10c(c9)C(=O)N(C9CCC(=O)NC9=O)C%10=O)CC8)[C@@H]7C6)CC5)nc4c3F)c12. The molecule has 2 aliphatic carbocycles. The van der Waals surface area contributed by atoms with Gasteiger partial charge in [0.1, 0.15) is 28.8 Å². The summed E-state index contributed by atoms with van der Waals surface area (Å²) in [7, 11) is 0. The van der Waals surface area contributed by atoms with Gasteiger partial charge in [-0.15, -0.1) is 6.42 Å². The van der Waals surface area contributed by atoms with Crippen molar-refractivity contribution in [2.45, 2.75) is 56.7 Å². The van der Waals surface area contributed by atoms with Gasteiger partial charge in [-0.3, -0.25) is 39.3 Å². The quantitative estimate of drug-likeness (QED) is 0.127. The summed E-state index contributed by atoms with van der Waals surface area (Å²) in [6, 6.07) is 13.8. The second-order valence-corrected chi connectivity index (χ2v) is 21.0. The number of nitrogens with one attached hydrogen (secondary N) is 2. The molecule has 2 bridgehead atoms. The van der Waals surface area contributed by atoms with Crippen molar-refractivity contribution >= 4 is 56.8 Å². The highest BCUT2D eigenvalue weighted by Gasteiger charge is 2.57. The van der Waals surface area contributed by atoms with Crippen LogP contribution in [0.5, 0.6) is 11.8 Å². The first kappa shape index (κ1) is 43.3. The van der Waals surface area contributed by atoms with E-state index in [4.69, 9.17) is 21.1 Å². The summed E-state index contributed by atoms with van der Waals surface area (Å²) >= 11 is 0. The number of phenolic OH excluding ortho intramolecular Hbond substituents is 1. The molecule has 6 aliphatic heterocycles. The summed E-state index contributed by atoms with van der Waals surface area (Å²) in [5.74, 6) is 2.75. The smallest absolute Gasteiger partial charge is 0.319 e. The number of hydrogen-bond donors (Lipinski definition) is 3. The van der Waals surface area contributed by atoms with Crippen LogP contribution in [0, 0.1) is 41.3 Å². The van der Waals surface area contributed by atoms with Crippen molar-refractivity contribution in [2.24, 2.45) is 23.2 Å². The number of aromatic nitrogens is 3. The maximum atomic E-state index is 17.1. The maximum absolute atomic E-state index is 17.1. The fraction of sp³-hybridized carbons (Fsp3) is 0.453. The predicted molar refractivity (Wildman–Crippen MR) is 258 cm³/mol. The lowest BCUT2D eigenvalue weighted by atomic mass is 9.96. The number of hydrogen-bond acceptors (Lipinski definition) is 14. The molecule has 8 heterocycles. The molecule has 3 N–H and O–H groups in total. The van der Waals surface area contributed by atoms with Gasteiger partial charge in [0.2, 0.25) is 11.8 Å². The molecule has 4 amide bonds. The molecule has 17 heteroatoms. The number of carbonyl (C=O) groups excluding carboxylic acids is 4. The number of ether oxygens (including phenoxy) is 1. The standard InChI is InChI=1S/C53H53FN10O6/c1-2-29-4-3-5-30-18-34(65)20-37(44(29)30)46-45(54)47-38(21-55-46)48(63-22-31-6-7-32(23-63)56-31)59-52(58-47)70-28-53(12-13-53)27-61-25-40-39(41(40)26-61)24-60-14-16-62(17-15-60)33-8-9-35-36(19-33)51(69)64(50(35)68)42-10-11-43(66)57-49(42)67/h1,3-5,8-9,18-21,31-32,39-42,56,65H,6-7,10-17,22-28H2,(H,57,66,67)/t31?,32?,39-,40-,41+,42?. The normalized spacial score (nSPS) is 27.0. The number of fused-ring (bicyclic) bond motifs is 6. The first-order valence-electron chi connectivity index (χ1n) is 24.8. The zero-order valence-corrected chi connectivity index (χ0v) is 38.7. The Morgan fingerprint density at radius 1 is 0.857 bits per heavy atom. The molecule has 2 saturated carbocycles. The Morgan fingerprint density at radius 2 is 1.63 bits per heavy atom. The molecule has 0 radical (unpaired) electrons. The largest absolute Gasteiger partial charge is 0.508 e. The number of phenols is 1. The van der Waals surface area contributed by atoms with Gasteiger partial charge in [-0.05, 0) is 91.6 Å². The third kappa shape index (κ3) is 7.41. The van der Waals surface area contributed by atoms with Gasteiger partial charge < -0.3 is 29.9 Å². The number of carbonyl (C=O) groups is 4. The number of amides is 4. The molecule has 16 nitrogen and oxygen atoms in total. The molecule has 358 valence electrons. The molecule has 6 atom stereocenters. The lowest BCUT2D eigenvalue weighted by molar-refractivity contribution is -0.136. The van der Waals surface area contributed by atoms with Crippen molar-refractivity contribution < 1.29 is 33.4 Å². The third-order valence-electron chi connectivity index (χ3n) is 16.6. The van der Waals surface area contributed by atoms with Crippen LogP contribution in [0.25, 0.3) is 32.9 Å². The number of imide groups is 2. The molecule has 3 aromatic carbocycles. The minimum Gasteiger partial charge on any atom is -0.508 e. The molecule has 70 heavy (non-hydrogen) atoms. The molecule has 5 aromatic rings. The van der Waals surface area contributed by atoms with E-state index in [2.05, 4.69) is 41.1 Å². The number of halogens is 1. The topological polar surface area (TPSA) is 177 Å². The minimum absolute atomic E-state index is 0.0119. The van der Waals surface area contributed by atoms with E-state index in [-0.39, 0.29) is 41.2 Å². The number of terminal acetylenes is 1. The zero-order chi connectivity index (χ0) is 47.6. The highest BCUT2D eigenvalue weighted by molar-refractivity contribution is 6.23. The maximum Gasteiger partial charge on any atom is 0.319 e. The average molecular weight is 945 g/mol. The van der Waals surface area contributed by atoms with Gasteiger partial charge in [0.05, 0.1) is 23.1 Å². The van der Waals surface area contributed by atoms with Crippen LogP contribution in [-0.4, -0.2) is 149 Å². The van der Waals surface area contributed by atoms with Crippen molar-refractivity contribution in [3.05, 3.63) is 77.2 Å². The van der Waals surface area contributed by atoms with Crippen molar-refractivity contribution in [3.8, 4) is 35.4 Å². The monoisotopic (exact) mass is 944 g/mol. The van der Waals surface area contributed by atoms with Crippen LogP contribution in [0.2, 0.25) is 0 Å². The number of pyridine rings is 1. The third-order valence-corrected chi connectivity index (χ3v) is 16.6. The Kier molecular flexibility index (Phi) is 10.2. The predicted octanol–water partition coefficient (Wildman–Crippen LogP) is 4.17. The van der Waals surface area contributed by atoms with Gasteiger partial charge in [0.25, 0.3) is 11.8 Å². The Bertz CT molecular complexity index is 3090. The van der Waals surface area contributed by atoms with E-state index in [0.717, 1.165) is 102 Å². The van der Waals surface area contributed by atoms with E-state index in [9.17, 15) is 24.3 Å². The van der Waals surface area contributed by atoms with Crippen LogP contribution in [0.15, 0.2) is 54.7 Å². The molecule has 0 spiro atoms. The highest BCUT2D eigenvalue weighted by Crippen LogP contribution is 2.55. The molecule has 3 unspecified atom stereocenters. The Balaban J connectivity index is 0.649. The fourth-order valence-electron chi connectivity index (χ4n) is 12.7. The van der Waals surface area contributed by atoms with E-state index in [0.29, 0.717) is 80.7 Å². The van der Waals surface area contributed by atoms with E-state index in [1.165, 1.54) is 6.07 Å².